The lowest BCUT2D eigenvalue weighted by Gasteiger charge is -2.47. The van der Waals surface area contributed by atoms with E-state index in [9.17, 15) is 0 Å². The summed E-state index contributed by atoms with van der Waals surface area (Å²) in [6.07, 6.45) is 0.852. The van der Waals surface area contributed by atoms with E-state index in [-0.39, 0.29) is 55.2 Å². The summed E-state index contributed by atoms with van der Waals surface area (Å²) in [6.45, 7) is 56.3. The molecule has 0 radical (unpaired) electrons. The molecule has 0 saturated heterocycles. The third kappa shape index (κ3) is 13.9. The molecule has 4 heteroatoms. The topological polar surface area (TPSA) is 37.4 Å². The van der Waals surface area contributed by atoms with E-state index in [4.69, 9.17) is 5.73 Å². The second-order valence-corrected chi connectivity index (χ2v) is 42.6. The van der Waals surface area contributed by atoms with Gasteiger partial charge in [0.15, 0.2) is 0 Å². The van der Waals surface area contributed by atoms with Crippen LogP contribution >= 0.6 is 0 Å². The molecule has 1 unspecified atom stereocenters. The SMILES string of the molecule is CC(C)(C)c1ccc(-c2cc(C(C)(C)C)cc(-c3ccc(C(C)(C)C)cc3)c2N2c3cc(N)ccc3C3c4ccc(-n5c6ccc(C(C)(C)C)cc6c6cc(C(C)(C)C)ccc65)cc4N(c4c(-c5ccc(C(C)(C)C)cc5)cc(C(C)(C)C)cc4-c4ccc(C(C)(C)C)cc4)c4cc(C5c6ccccc6Cc6ccccc65)cc2c43)cc1. The van der Waals surface area contributed by atoms with Crippen molar-refractivity contribution in [1.82, 2.24) is 4.57 Å². The van der Waals surface area contributed by atoms with Crippen molar-refractivity contribution in [2.75, 3.05) is 15.5 Å². The van der Waals surface area contributed by atoms with Crippen LogP contribution in [0.15, 0.2) is 255 Å². The number of hydrogen-bond acceptors (Lipinski definition) is 3. The lowest BCUT2D eigenvalue weighted by molar-refractivity contribution is 0.589. The van der Waals surface area contributed by atoms with Gasteiger partial charge < -0.3 is 20.1 Å². The average Bonchev–Trinajstić information content (AvgIpc) is 0.787. The van der Waals surface area contributed by atoms with E-state index in [2.05, 4.69) is 435 Å². The Morgan fingerprint density at radius 1 is 0.265 bits per heavy atom. The van der Waals surface area contributed by atoms with Crippen LogP contribution in [0.1, 0.15) is 267 Å². The molecule has 3 aliphatic rings. The van der Waals surface area contributed by atoms with Crippen molar-refractivity contribution in [3.63, 3.8) is 0 Å². The molecule has 0 bridgehead atoms. The molecule has 3 heterocycles. The second-order valence-electron chi connectivity index (χ2n) is 42.6. The van der Waals surface area contributed by atoms with Crippen LogP contribution in [-0.2, 0) is 49.7 Å². The maximum atomic E-state index is 7.56. The Kier molecular flexibility index (Phi) is 18.5. The van der Waals surface area contributed by atoms with Gasteiger partial charge in [0.2, 0.25) is 0 Å². The molecule has 117 heavy (non-hydrogen) atoms. The smallest absolute Gasteiger partial charge is 0.0618 e. The summed E-state index contributed by atoms with van der Waals surface area (Å²) in [7, 11) is 0. The van der Waals surface area contributed by atoms with Crippen molar-refractivity contribution in [2.45, 2.75) is 228 Å². The summed E-state index contributed by atoms with van der Waals surface area (Å²) in [6, 6.07) is 102. The molecule has 1 aromatic heterocycles. The van der Waals surface area contributed by atoms with E-state index in [0.29, 0.717) is 5.69 Å². The van der Waals surface area contributed by atoms with Crippen LogP contribution in [0.4, 0.5) is 39.8 Å². The van der Waals surface area contributed by atoms with Gasteiger partial charge in [-0.25, -0.2) is 0 Å². The third-order valence-electron chi connectivity index (χ3n) is 26.0. The van der Waals surface area contributed by atoms with Crippen LogP contribution < -0.4 is 15.5 Å². The van der Waals surface area contributed by atoms with Gasteiger partial charge in [-0.15, -0.1) is 0 Å². The van der Waals surface area contributed by atoms with E-state index in [1.54, 1.807) is 0 Å². The third-order valence-corrected chi connectivity index (χ3v) is 26.0. The highest BCUT2D eigenvalue weighted by Gasteiger charge is 2.46. The Labute approximate surface area is 698 Å². The number of nitrogen functional groups attached to an aromatic ring is 1. The summed E-state index contributed by atoms with van der Waals surface area (Å²) >= 11 is 0. The molecule has 2 aliphatic heterocycles. The number of aromatic nitrogens is 1. The van der Waals surface area contributed by atoms with Gasteiger partial charge in [0, 0.05) is 61.8 Å². The molecular formula is C113H120N4. The second kappa shape index (κ2) is 27.6. The zero-order valence-electron chi connectivity index (χ0n) is 74.0. The molecule has 0 fully saturated rings. The van der Waals surface area contributed by atoms with Gasteiger partial charge in [-0.2, -0.15) is 0 Å². The van der Waals surface area contributed by atoms with Gasteiger partial charge in [0.25, 0.3) is 0 Å². The van der Waals surface area contributed by atoms with E-state index in [1.807, 2.05) is 0 Å². The molecule has 0 amide bonds. The number of fused-ring (bicyclic) bond motifs is 9. The van der Waals surface area contributed by atoms with Crippen LogP contribution in [0.25, 0.3) is 72.0 Å². The zero-order chi connectivity index (χ0) is 83.1. The van der Waals surface area contributed by atoms with Crippen molar-refractivity contribution in [1.29, 1.82) is 0 Å². The molecule has 4 nitrogen and oxygen atoms in total. The number of nitrogens with zero attached hydrogens (tertiary/aromatic N) is 3. The lowest BCUT2D eigenvalue weighted by atomic mass is 9.71. The van der Waals surface area contributed by atoms with Gasteiger partial charge in [0.05, 0.1) is 45.2 Å². The minimum Gasteiger partial charge on any atom is -0.399 e. The van der Waals surface area contributed by atoms with Crippen molar-refractivity contribution in [3.8, 4) is 50.2 Å². The van der Waals surface area contributed by atoms with Crippen LogP contribution in [0.5, 0.6) is 0 Å². The Morgan fingerprint density at radius 2 is 0.581 bits per heavy atom. The predicted octanol–water partition coefficient (Wildman–Crippen LogP) is 31.2. The molecule has 17 rings (SSSR count). The Balaban J connectivity index is 1.09. The average molecular weight is 1530 g/mol. The highest BCUT2D eigenvalue weighted by atomic mass is 15.2. The Morgan fingerprint density at radius 3 is 0.923 bits per heavy atom. The summed E-state index contributed by atoms with van der Waals surface area (Å²) in [4.78, 5) is 5.52. The van der Waals surface area contributed by atoms with E-state index < -0.39 is 0 Å². The molecule has 13 aromatic carbocycles. The molecule has 0 saturated carbocycles. The number of nitrogens with two attached hydrogens (primary N) is 1. The van der Waals surface area contributed by atoms with Crippen molar-refractivity contribution in [3.05, 3.63) is 344 Å². The fraction of sp³-hybridized carbons (Fsp3) is 0.310. The van der Waals surface area contributed by atoms with Crippen molar-refractivity contribution >= 4 is 61.6 Å². The van der Waals surface area contributed by atoms with E-state index in [1.165, 1.54) is 122 Å². The Hall–Kier alpha value is -10.9. The molecule has 0 spiro atoms. The lowest BCUT2D eigenvalue weighted by Crippen LogP contribution is -2.31. The minimum atomic E-state index is -0.292. The first-order valence-electron chi connectivity index (χ1n) is 42.8. The molecule has 2 N–H and O–H groups in total. The first-order valence-corrected chi connectivity index (χ1v) is 42.8. The maximum Gasteiger partial charge on any atom is 0.0618 e. The van der Waals surface area contributed by atoms with Gasteiger partial charge >= 0.3 is 0 Å². The van der Waals surface area contributed by atoms with Crippen LogP contribution in [0.3, 0.4) is 0 Å². The first-order chi connectivity index (χ1) is 55.0. The standard InChI is InChI=1S/C113H120N4/c1-106(2,3)75-41-33-68(34-42-75)89-62-81(112(19,20)21)63-90(69-35-43-76(44-36-69)107(4,5)6)104(89)116-97-66-83(114)51-53-87(97)102-88-54-52-84(115-95-55-49-79(110(13,14)15)60-93(95)94-61-80(111(16,17)18)50-56-96(94)115)67-98(88)117(100-59-74(58-99(116)103(100)102)101-85-31-27-25-29-72(85)57-73-30-26-28-32-86(73)101)105-91(70-37-45-77(46-38-70)108(7,8)9)64-82(113(22,23)24)65-92(105)71-39-47-78(48-40-71)109(10,11)12/h25-56,58-67,101-102H,57,114H2,1-24H3. The molecule has 592 valence electrons. The zero-order valence-corrected chi connectivity index (χ0v) is 74.0. The van der Waals surface area contributed by atoms with Gasteiger partial charge in [-0.05, 0) is 240 Å². The fourth-order valence-corrected chi connectivity index (χ4v) is 18.8. The number of benzene rings is 13. The molecule has 1 atom stereocenters. The monoisotopic (exact) mass is 1530 g/mol. The summed E-state index contributed by atoms with van der Waals surface area (Å²) in [5.74, 6) is -0.452. The normalized spacial score (nSPS) is 14.7. The van der Waals surface area contributed by atoms with Gasteiger partial charge in [0.1, 0.15) is 0 Å². The molecular weight excluding hydrogens is 1410 g/mol. The minimum absolute atomic E-state index is 0.0694. The van der Waals surface area contributed by atoms with E-state index >= 15 is 0 Å². The van der Waals surface area contributed by atoms with Gasteiger partial charge in [-0.3, -0.25) is 0 Å². The number of rotatable bonds is 8. The highest BCUT2D eigenvalue weighted by Crippen LogP contribution is 2.66. The molecule has 1 aliphatic carbocycles. The summed E-state index contributed by atoms with van der Waals surface area (Å²) in [5.41, 5.74) is 47.3. The van der Waals surface area contributed by atoms with E-state index in [0.717, 1.165) is 79.6 Å². The van der Waals surface area contributed by atoms with Crippen molar-refractivity contribution in [2.24, 2.45) is 0 Å². The first kappa shape index (κ1) is 78.6. The van der Waals surface area contributed by atoms with Crippen LogP contribution in [-0.4, -0.2) is 4.57 Å². The maximum absolute atomic E-state index is 7.56. The molecule has 14 aromatic rings. The highest BCUT2D eigenvalue weighted by molar-refractivity contribution is 6.11. The quantitative estimate of drug-likeness (QED) is 0.154. The largest absolute Gasteiger partial charge is 0.399 e. The van der Waals surface area contributed by atoms with Gasteiger partial charge in [-0.1, -0.05) is 336 Å². The number of hydrogen-bond donors (Lipinski definition) is 1. The van der Waals surface area contributed by atoms with Crippen LogP contribution in [0.2, 0.25) is 0 Å². The predicted molar refractivity (Wildman–Crippen MR) is 503 cm³/mol. The summed E-state index contributed by atoms with van der Waals surface area (Å²) in [5, 5.41) is 2.52. The summed E-state index contributed by atoms with van der Waals surface area (Å²) < 4.78 is 2.58. The Bertz CT molecular complexity index is 6000. The number of anilines is 7. The van der Waals surface area contributed by atoms with Crippen molar-refractivity contribution < 1.29 is 0 Å². The fourth-order valence-electron chi connectivity index (χ4n) is 18.8. The van der Waals surface area contributed by atoms with Crippen LogP contribution in [0, 0.1) is 0 Å².